The lowest BCUT2D eigenvalue weighted by molar-refractivity contribution is -0.384. The van der Waals surface area contributed by atoms with Gasteiger partial charge in [0.15, 0.2) is 4.80 Å². The molecule has 3 rings (SSSR count). The van der Waals surface area contributed by atoms with Crippen LogP contribution in [0.4, 0.5) is 5.69 Å². The molecule has 0 N–H and O–H groups in total. The maximum atomic E-state index is 12.6. The Morgan fingerprint density at radius 1 is 1.25 bits per heavy atom. The largest absolute Gasteiger partial charge is 0.468 e. The van der Waals surface area contributed by atoms with E-state index in [1.807, 2.05) is 18.4 Å². The van der Waals surface area contributed by atoms with Crippen molar-refractivity contribution in [2.75, 3.05) is 13.4 Å². The van der Waals surface area contributed by atoms with Crippen LogP contribution in [-0.2, 0) is 16.1 Å². The van der Waals surface area contributed by atoms with Gasteiger partial charge in [-0.15, -0.1) is 11.8 Å². The molecule has 0 spiro atoms. The topological polar surface area (TPSA) is 104 Å². The Hall–Kier alpha value is -2.98. The molecule has 0 unspecified atom stereocenters. The lowest BCUT2D eigenvalue weighted by atomic mass is 10.2. The van der Waals surface area contributed by atoms with Crippen LogP contribution in [0.25, 0.3) is 10.2 Å². The number of fused-ring (bicyclic) bond motifs is 1. The van der Waals surface area contributed by atoms with E-state index in [1.54, 1.807) is 23.9 Å². The van der Waals surface area contributed by atoms with Gasteiger partial charge in [-0.3, -0.25) is 19.7 Å². The molecule has 2 aromatic carbocycles. The van der Waals surface area contributed by atoms with Crippen molar-refractivity contribution in [3.05, 3.63) is 62.9 Å². The van der Waals surface area contributed by atoms with Gasteiger partial charge in [-0.25, -0.2) is 0 Å². The SMILES string of the molecule is COC(=O)Cn1c(=NC(=O)c2ccc(SC)cc2)sc2cc([N+](=O)[O-])ccc21. The van der Waals surface area contributed by atoms with E-state index >= 15 is 0 Å². The van der Waals surface area contributed by atoms with Crippen LogP contribution in [0.1, 0.15) is 10.4 Å². The summed E-state index contributed by atoms with van der Waals surface area (Å²) >= 11 is 2.66. The number of thioether (sulfide) groups is 1. The lowest BCUT2D eigenvalue weighted by Crippen LogP contribution is -2.22. The molecule has 8 nitrogen and oxygen atoms in total. The molecule has 0 aliphatic heterocycles. The van der Waals surface area contributed by atoms with Crippen molar-refractivity contribution >= 4 is 50.9 Å². The number of nitro benzene ring substituents is 1. The highest BCUT2D eigenvalue weighted by molar-refractivity contribution is 7.98. The fourth-order valence-electron chi connectivity index (χ4n) is 2.49. The van der Waals surface area contributed by atoms with E-state index in [1.165, 1.54) is 29.9 Å². The highest BCUT2D eigenvalue weighted by Gasteiger charge is 2.15. The monoisotopic (exact) mass is 417 g/mol. The maximum absolute atomic E-state index is 12.6. The van der Waals surface area contributed by atoms with Crippen molar-refractivity contribution in [3.63, 3.8) is 0 Å². The van der Waals surface area contributed by atoms with Gasteiger partial charge in [-0.2, -0.15) is 4.99 Å². The number of hydrogen-bond donors (Lipinski definition) is 0. The number of nitrogens with zero attached hydrogens (tertiary/aromatic N) is 3. The van der Waals surface area contributed by atoms with Gasteiger partial charge in [0.05, 0.1) is 22.2 Å². The Labute approximate surface area is 167 Å². The summed E-state index contributed by atoms with van der Waals surface area (Å²) in [4.78, 5) is 40.3. The molecule has 3 aromatic rings. The Balaban J connectivity index is 2.12. The highest BCUT2D eigenvalue weighted by atomic mass is 32.2. The molecule has 0 saturated heterocycles. The minimum atomic E-state index is -0.517. The van der Waals surface area contributed by atoms with Gasteiger partial charge in [0.1, 0.15) is 6.54 Å². The van der Waals surface area contributed by atoms with Crippen molar-refractivity contribution in [2.45, 2.75) is 11.4 Å². The predicted octanol–water partition coefficient (Wildman–Crippen LogP) is 3.25. The first-order valence-corrected chi connectivity index (χ1v) is 10.0. The molecule has 0 saturated carbocycles. The Kier molecular flexibility index (Phi) is 5.90. The minimum Gasteiger partial charge on any atom is -0.468 e. The number of rotatable bonds is 5. The van der Waals surface area contributed by atoms with Crippen LogP contribution < -0.4 is 4.80 Å². The third-order valence-corrected chi connectivity index (χ3v) is 5.71. The summed E-state index contributed by atoms with van der Waals surface area (Å²) in [7, 11) is 1.26. The number of amides is 1. The zero-order chi connectivity index (χ0) is 20.3. The smallest absolute Gasteiger partial charge is 0.325 e. The second-order valence-electron chi connectivity index (χ2n) is 5.60. The van der Waals surface area contributed by atoms with E-state index < -0.39 is 16.8 Å². The van der Waals surface area contributed by atoms with Gasteiger partial charge >= 0.3 is 5.97 Å². The van der Waals surface area contributed by atoms with Crippen molar-refractivity contribution in [1.29, 1.82) is 0 Å². The number of esters is 1. The molecule has 144 valence electrons. The summed E-state index contributed by atoms with van der Waals surface area (Å²) in [6.07, 6.45) is 1.94. The first-order valence-electron chi connectivity index (χ1n) is 8.00. The van der Waals surface area contributed by atoms with Crippen molar-refractivity contribution in [2.24, 2.45) is 4.99 Å². The van der Waals surface area contributed by atoms with Gasteiger partial charge in [0.25, 0.3) is 11.6 Å². The van der Waals surface area contributed by atoms with Gasteiger partial charge in [0.2, 0.25) is 0 Å². The van der Waals surface area contributed by atoms with E-state index in [2.05, 4.69) is 4.99 Å². The van der Waals surface area contributed by atoms with Crippen molar-refractivity contribution < 1.29 is 19.2 Å². The molecular formula is C18H15N3O5S2. The normalized spacial score (nSPS) is 11.6. The zero-order valence-electron chi connectivity index (χ0n) is 14.9. The molecule has 1 heterocycles. The van der Waals surface area contributed by atoms with Crippen LogP contribution >= 0.6 is 23.1 Å². The van der Waals surface area contributed by atoms with Crippen LogP contribution in [0.15, 0.2) is 52.4 Å². The molecule has 0 aliphatic rings. The third-order valence-electron chi connectivity index (χ3n) is 3.93. The maximum Gasteiger partial charge on any atom is 0.325 e. The quantitative estimate of drug-likeness (QED) is 0.273. The molecule has 28 heavy (non-hydrogen) atoms. The molecule has 0 atom stereocenters. The van der Waals surface area contributed by atoms with Crippen LogP contribution in [-0.4, -0.2) is 34.7 Å². The van der Waals surface area contributed by atoms with Crippen LogP contribution in [0.3, 0.4) is 0 Å². The Bertz CT molecular complexity index is 1130. The number of non-ortho nitro benzene ring substituents is 1. The Morgan fingerprint density at radius 3 is 2.57 bits per heavy atom. The zero-order valence-corrected chi connectivity index (χ0v) is 16.6. The second-order valence-corrected chi connectivity index (χ2v) is 7.49. The number of benzene rings is 2. The summed E-state index contributed by atoms with van der Waals surface area (Å²) in [5.74, 6) is -0.983. The van der Waals surface area contributed by atoms with Crippen LogP contribution in [0.2, 0.25) is 0 Å². The fourth-order valence-corrected chi connectivity index (χ4v) is 3.96. The highest BCUT2D eigenvalue weighted by Crippen LogP contribution is 2.23. The molecule has 1 aromatic heterocycles. The average Bonchev–Trinajstić information content (AvgIpc) is 3.03. The number of nitro groups is 1. The lowest BCUT2D eigenvalue weighted by Gasteiger charge is -2.03. The second kappa shape index (κ2) is 8.36. The molecule has 0 fully saturated rings. The fraction of sp³-hybridized carbons (Fsp3) is 0.167. The van der Waals surface area contributed by atoms with E-state index in [9.17, 15) is 19.7 Å². The summed E-state index contributed by atoms with van der Waals surface area (Å²) in [6.45, 7) is -0.161. The van der Waals surface area contributed by atoms with Gasteiger partial charge in [0, 0.05) is 22.6 Å². The molecule has 0 aliphatic carbocycles. The number of thiazole rings is 1. The predicted molar refractivity (Wildman–Crippen MR) is 107 cm³/mol. The molecule has 0 radical (unpaired) electrons. The standard InChI is InChI=1S/C18H15N3O5S2/c1-26-16(22)10-20-14-8-5-12(21(24)25)9-15(14)28-18(20)19-17(23)11-3-6-13(27-2)7-4-11/h3-9H,10H2,1-2H3. The number of hydrogen-bond acceptors (Lipinski definition) is 7. The Morgan fingerprint density at radius 2 is 1.96 bits per heavy atom. The first-order chi connectivity index (χ1) is 13.4. The first kappa shape index (κ1) is 19.8. The van der Waals surface area contributed by atoms with E-state index in [0.29, 0.717) is 15.8 Å². The van der Waals surface area contributed by atoms with Gasteiger partial charge in [-0.05, 0) is 36.6 Å². The van der Waals surface area contributed by atoms with Crippen molar-refractivity contribution in [1.82, 2.24) is 4.57 Å². The number of ether oxygens (including phenoxy) is 1. The molecule has 1 amide bonds. The molecule has 0 bridgehead atoms. The van der Waals surface area contributed by atoms with Crippen LogP contribution in [0, 0.1) is 10.1 Å². The van der Waals surface area contributed by atoms with Crippen molar-refractivity contribution in [3.8, 4) is 0 Å². The van der Waals surface area contributed by atoms with E-state index in [4.69, 9.17) is 4.74 Å². The number of carbonyl (C=O) groups excluding carboxylic acids is 2. The van der Waals surface area contributed by atoms with E-state index in [0.717, 1.165) is 16.2 Å². The average molecular weight is 417 g/mol. The minimum absolute atomic E-state index is 0.0792. The van der Waals surface area contributed by atoms with Gasteiger partial charge in [-0.1, -0.05) is 11.3 Å². The summed E-state index contributed by atoms with van der Waals surface area (Å²) < 4.78 is 6.77. The summed E-state index contributed by atoms with van der Waals surface area (Å²) in [5.41, 5.74) is 0.889. The number of methoxy groups -OCH3 is 1. The van der Waals surface area contributed by atoms with Crippen LogP contribution in [0.5, 0.6) is 0 Å². The van der Waals surface area contributed by atoms with Gasteiger partial charge < -0.3 is 9.30 Å². The molecular weight excluding hydrogens is 402 g/mol. The number of aromatic nitrogens is 1. The molecule has 10 heteroatoms. The van der Waals surface area contributed by atoms with E-state index in [-0.39, 0.29) is 17.0 Å². The summed E-state index contributed by atoms with van der Waals surface area (Å²) in [6, 6.07) is 11.3. The summed E-state index contributed by atoms with van der Waals surface area (Å²) in [5, 5.41) is 11.0. The number of carbonyl (C=O) groups is 2. The third kappa shape index (κ3) is 4.12.